The van der Waals surface area contributed by atoms with Gasteiger partial charge in [-0.3, -0.25) is 19.5 Å². The van der Waals surface area contributed by atoms with Crippen LogP contribution in [0.1, 0.15) is 78.7 Å². The highest BCUT2D eigenvalue weighted by atomic mass is 32.1. The van der Waals surface area contributed by atoms with Crippen LogP contribution in [0, 0.1) is 11.8 Å². The number of nitrogens with one attached hydrogen (secondary N) is 3. The van der Waals surface area contributed by atoms with E-state index in [0.717, 1.165) is 55.5 Å². The van der Waals surface area contributed by atoms with Crippen molar-refractivity contribution < 1.29 is 19.1 Å². The number of benzene rings is 4. The van der Waals surface area contributed by atoms with E-state index in [4.69, 9.17) is 9.47 Å². The molecule has 2 saturated heterocycles. The maximum absolute atomic E-state index is 12.6. The van der Waals surface area contributed by atoms with Gasteiger partial charge in [0.05, 0.1) is 19.4 Å². The van der Waals surface area contributed by atoms with Crippen LogP contribution in [0.4, 0.5) is 0 Å². The van der Waals surface area contributed by atoms with Crippen LogP contribution in [-0.4, -0.2) is 45.1 Å². The Morgan fingerprint density at radius 1 is 0.649 bits per heavy atom. The molecule has 2 aliphatic heterocycles. The summed E-state index contributed by atoms with van der Waals surface area (Å²) in [4.78, 5) is 41.3. The topological polar surface area (TPSA) is 129 Å². The minimum absolute atomic E-state index is 0. The van der Waals surface area contributed by atoms with Gasteiger partial charge in [0, 0.05) is 12.1 Å². The Morgan fingerprint density at radius 2 is 1.14 bits per heavy atom. The number of esters is 2. The number of aromatic nitrogens is 3. The summed E-state index contributed by atoms with van der Waals surface area (Å²) in [7, 11) is 0. The lowest BCUT2D eigenvalue weighted by Gasteiger charge is -2.41. The normalized spacial score (nSPS) is 18.7. The van der Waals surface area contributed by atoms with Crippen LogP contribution in [0.2, 0.25) is 0 Å². The number of piperidine rings is 2. The first-order valence-corrected chi connectivity index (χ1v) is 18.6. The smallest absolute Gasteiger partial charge is 0.340 e. The fourth-order valence-electron chi connectivity index (χ4n) is 7.50. The lowest BCUT2D eigenvalue weighted by atomic mass is 9.82. The van der Waals surface area contributed by atoms with Gasteiger partial charge in [-0.15, -0.1) is 0 Å². The summed E-state index contributed by atoms with van der Waals surface area (Å²) in [5, 5.41) is 10.0. The van der Waals surface area contributed by atoms with Gasteiger partial charge in [0.15, 0.2) is 0 Å². The molecular weight excluding hydrogens is 795 g/mol. The maximum atomic E-state index is 12.6. The Balaban J connectivity index is 0.000000378. The molecule has 3 heterocycles. The zero-order valence-corrected chi connectivity index (χ0v) is 36.1. The Morgan fingerprint density at radius 3 is 1.67 bits per heavy atom. The van der Waals surface area contributed by atoms with Crippen molar-refractivity contribution >= 4 is 65.9 Å². The van der Waals surface area contributed by atoms with Crippen LogP contribution in [0.15, 0.2) is 126 Å². The lowest BCUT2D eigenvalue weighted by Crippen LogP contribution is -2.39. The SMILES string of the molecule is O=C(C[C@H]1CCCN(Cc2n[nH]c(=O)[nH]2)[C@H]1c1ccccc1)OCc1ccccc1.O=C(C[C@H]1CCCN[C@H]1c1ccccc1)OCc1ccccc1.S.S.S.S. The first-order valence-electron chi connectivity index (χ1n) is 18.6. The molecule has 0 spiro atoms. The van der Waals surface area contributed by atoms with Crippen molar-refractivity contribution in [3.05, 3.63) is 160 Å². The quantitative estimate of drug-likeness (QED) is 0.110. The molecule has 14 heteroatoms. The fourth-order valence-corrected chi connectivity index (χ4v) is 7.50. The van der Waals surface area contributed by atoms with E-state index in [1.165, 1.54) is 5.56 Å². The number of likely N-dealkylation sites (tertiary alicyclic amines) is 1. The second kappa shape index (κ2) is 26.2. The fraction of sp³-hybridized carbons (Fsp3) is 0.349. The van der Waals surface area contributed by atoms with E-state index in [1.807, 2.05) is 84.9 Å². The van der Waals surface area contributed by atoms with E-state index in [-0.39, 0.29) is 89.6 Å². The van der Waals surface area contributed by atoms with E-state index in [9.17, 15) is 14.4 Å². The molecule has 4 atom stereocenters. The van der Waals surface area contributed by atoms with E-state index in [0.29, 0.717) is 44.3 Å². The molecule has 7 rings (SSSR count). The van der Waals surface area contributed by atoms with Crippen molar-refractivity contribution in [2.75, 3.05) is 13.1 Å². The number of hydrogen-bond donors (Lipinski definition) is 3. The molecule has 308 valence electrons. The maximum Gasteiger partial charge on any atom is 0.340 e. The van der Waals surface area contributed by atoms with Gasteiger partial charge in [-0.05, 0) is 72.9 Å². The van der Waals surface area contributed by atoms with Crippen LogP contribution in [-0.2, 0) is 38.8 Å². The first-order chi connectivity index (χ1) is 26.0. The highest BCUT2D eigenvalue weighted by Gasteiger charge is 2.35. The van der Waals surface area contributed by atoms with Gasteiger partial charge in [0.1, 0.15) is 19.0 Å². The lowest BCUT2D eigenvalue weighted by molar-refractivity contribution is -0.148. The minimum Gasteiger partial charge on any atom is -0.461 e. The average Bonchev–Trinajstić information content (AvgIpc) is 3.62. The molecule has 0 radical (unpaired) electrons. The number of carbonyl (C=O) groups excluding carboxylic acids is 2. The van der Waals surface area contributed by atoms with E-state index in [2.05, 4.69) is 61.8 Å². The molecule has 3 N–H and O–H groups in total. The van der Waals surface area contributed by atoms with Crippen molar-refractivity contribution in [1.29, 1.82) is 0 Å². The van der Waals surface area contributed by atoms with E-state index >= 15 is 0 Å². The second-order valence-corrected chi connectivity index (χ2v) is 13.8. The summed E-state index contributed by atoms with van der Waals surface area (Å²) >= 11 is 0. The third-order valence-electron chi connectivity index (χ3n) is 9.99. The second-order valence-electron chi connectivity index (χ2n) is 13.8. The summed E-state index contributed by atoms with van der Waals surface area (Å²) in [6.45, 7) is 3.06. The third kappa shape index (κ3) is 15.4. The molecule has 0 unspecified atom stereocenters. The van der Waals surface area contributed by atoms with Gasteiger partial charge in [-0.25, -0.2) is 9.89 Å². The molecule has 0 bridgehead atoms. The largest absolute Gasteiger partial charge is 0.461 e. The zero-order chi connectivity index (χ0) is 36.7. The molecule has 0 aliphatic carbocycles. The minimum atomic E-state index is -0.306. The van der Waals surface area contributed by atoms with Crippen molar-refractivity contribution in [2.45, 2.75) is 70.4 Å². The zero-order valence-electron chi connectivity index (χ0n) is 32.1. The summed E-state index contributed by atoms with van der Waals surface area (Å²) in [6.07, 6.45) is 4.94. The molecule has 0 saturated carbocycles. The average molecular weight is 852 g/mol. The number of nitrogens with zero attached hydrogens (tertiary/aromatic N) is 2. The third-order valence-corrected chi connectivity index (χ3v) is 9.99. The molecule has 5 aromatic rings. The molecule has 2 aliphatic rings. The molecule has 10 nitrogen and oxygen atoms in total. The Hall–Kier alpha value is -3.92. The predicted octanol–water partition coefficient (Wildman–Crippen LogP) is 7.50. The Kier molecular flexibility index (Phi) is 22.6. The van der Waals surface area contributed by atoms with E-state index < -0.39 is 0 Å². The number of rotatable bonds is 12. The molecule has 57 heavy (non-hydrogen) atoms. The van der Waals surface area contributed by atoms with Gasteiger partial charge >= 0.3 is 17.6 Å². The first kappa shape index (κ1) is 49.2. The number of H-pyrrole nitrogens is 2. The highest BCUT2D eigenvalue weighted by molar-refractivity contribution is 7.59. The Labute approximate surface area is 363 Å². The standard InChI is InChI=1S/C23H26N4O3.C20H23NO2.4H2S/c28-21(30-16-17-8-3-1-4-9-17)14-19-12-7-13-27(15-20-24-23(29)26-25-20)22(19)18-10-5-2-6-11-18;22-19(23-15-16-8-3-1-4-9-16)14-18-12-7-13-21-20(18)17-10-5-2-6-11-17;;;;/h1-6,8-11,19,22H,7,12-16H2,(H2,24,25,26,29);1-6,8-11,18,20-21H,7,12-15H2;4*1H2/t19-,22+;18-,20+;;;;/m11..../s1. The monoisotopic (exact) mass is 851 g/mol. The van der Waals surface area contributed by atoms with Crippen LogP contribution in [0.5, 0.6) is 0 Å². The van der Waals surface area contributed by atoms with Gasteiger partial charge in [0.2, 0.25) is 0 Å². The van der Waals surface area contributed by atoms with Crippen LogP contribution < -0.4 is 11.0 Å². The van der Waals surface area contributed by atoms with Crippen LogP contribution in [0.3, 0.4) is 0 Å². The molecular formula is C43H57N5O5S4. The number of ether oxygens (including phenoxy) is 2. The predicted molar refractivity (Wildman–Crippen MR) is 245 cm³/mol. The Bertz CT molecular complexity index is 1900. The highest BCUT2D eigenvalue weighted by Crippen LogP contribution is 2.39. The van der Waals surface area contributed by atoms with Gasteiger partial charge < -0.3 is 14.8 Å². The van der Waals surface area contributed by atoms with Crippen LogP contribution >= 0.6 is 54.0 Å². The molecule has 0 amide bonds. The van der Waals surface area contributed by atoms with Crippen molar-refractivity contribution in [1.82, 2.24) is 25.4 Å². The molecule has 1 aromatic heterocycles. The number of carbonyl (C=O) groups is 2. The van der Waals surface area contributed by atoms with Gasteiger partial charge in [-0.1, -0.05) is 121 Å². The summed E-state index contributed by atoms with van der Waals surface area (Å²) in [5.41, 5.74) is 4.13. The van der Waals surface area contributed by atoms with Crippen molar-refractivity contribution in [3.63, 3.8) is 0 Å². The number of aromatic amines is 2. The summed E-state index contributed by atoms with van der Waals surface area (Å²) in [6, 6.07) is 40.5. The van der Waals surface area contributed by atoms with Crippen molar-refractivity contribution in [3.8, 4) is 0 Å². The van der Waals surface area contributed by atoms with Crippen molar-refractivity contribution in [2.24, 2.45) is 11.8 Å². The number of hydrogen-bond acceptors (Lipinski definition) is 8. The van der Waals surface area contributed by atoms with E-state index in [1.54, 1.807) is 0 Å². The van der Waals surface area contributed by atoms with Gasteiger partial charge in [0.25, 0.3) is 0 Å². The summed E-state index contributed by atoms with van der Waals surface area (Å²) in [5.74, 6) is 0.751. The van der Waals surface area contributed by atoms with Gasteiger partial charge in [-0.2, -0.15) is 59.1 Å². The molecule has 4 aromatic carbocycles. The molecule has 2 fully saturated rings. The van der Waals surface area contributed by atoms with Crippen LogP contribution in [0.25, 0.3) is 0 Å². The summed E-state index contributed by atoms with van der Waals surface area (Å²) < 4.78 is 11.0.